The molecule has 1 aromatic heterocycles. The second-order valence-corrected chi connectivity index (χ2v) is 8.35. The fourth-order valence-corrected chi connectivity index (χ4v) is 4.02. The largest absolute Gasteiger partial charge is 0.465 e. The molecule has 0 atom stereocenters. The molecule has 0 aliphatic rings. The summed E-state index contributed by atoms with van der Waals surface area (Å²) in [6.07, 6.45) is 2.02. The Morgan fingerprint density at radius 1 is 1.00 bits per heavy atom. The molecule has 0 unspecified atom stereocenters. The molecule has 3 aromatic carbocycles. The Bertz CT molecular complexity index is 1420. The number of carbonyl (C=O) groups excluding carboxylic acids is 2. The Morgan fingerprint density at radius 3 is 2.50 bits per heavy atom. The van der Waals surface area contributed by atoms with Gasteiger partial charge in [-0.15, -0.1) is 0 Å². The average Bonchev–Trinajstić information content (AvgIpc) is 3.19. The molecule has 7 heteroatoms. The summed E-state index contributed by atoms with van der Waals surface area (Å²) in [6, 6.07) is 22.1. The van der Waals surface area contributed by atoms with E-state index in [0.717, 1.165) is 28.2 Å². The van der Waals surface area contributed by atoms with Crippen molar-refractivity contribution in [1.29, 1.82) is 0 Å². The second kappa shape index (κ2) is 10.7. The number of benzene rings is 3. The Kier molecular flexibility index (Phi) is 7.31. The first kappa shape index (κ1) is 23.1. The molecular formula is C27H23N3O3S. The summed E-state index contributed by atoms with van der Waals surface area (Å²) in [4.78, 5) is 29.2. The van der Waals surface area contributed by atoms with E-state index in [9.17, 15) is 9.59 Å². The Morgan fingerprint density at radius 2 is 1.74 bits per heavy atom. The molecule has 170 valence electrons. The van der Waals surface area contributed by atoms with E-state index in [4.69, 9.17) is 4.74 Å². The number of carbonyl (C=O) groups is 2. The minimum atomic E-state index is -0.403. The third-order valence-electron chi connectivity index (χ3n) is 5.09. The SMILES string of the molecule is COC(=O)c1cccc(C#Cc2cccc(NC(=O)Cn3c(CSC)nc4ccccc43)c2)c1. The maximum atomic E-state index is 12.9. The van der Waals surface area contributed by atoms with Crippen molar-refractivity contribution in [3.05, 3.63) is 95.3 Å². The number of nitrogens with zero attached hydrogens (tertiary/aromatic N) is 2. The normalized spacial score (nSPS) is 10.4. The van der Waals surface area contributed by atoms with Crippen LogP contribution in [-0.4, -0.2) is 34.8 Å². The maximum Gasteiger partial charge on any atom is 0.337 e. The summed E-state index contributed by atoms with van der Waals surface area (Å²) in [5.74, 6) is 7.20. The number of fused-ring (bicyclic) bond motifs is 1. The van der Waals surface area contributed by atoms with E-state index in [0.29, 0.717) is 16.8 Å². The molecule has 1 amide bonds. The van der Waals surface area contributed by atoms with Gasteiger partial charge in [0.05, 0.1) is 29.5 Å². The number of anilines is 1. The molecule has 0 aliphatic carbocycles. The van der Waals surface area contributed by atoms with Crippen LogP contribution in [0.5, 0.6) is 0 Å². The van der Waals surface area contributed by atoms with Crippen molar-refractivity contribution < 1.29 is 14.3 Å². The van der Waals surface area contributed by atoms with Crippen LogP contribution >= 0.6 is 11.8 Å². The van der Waals surface area contributed by atoms with E-state index in [1.54, 1.807) is 30.0 Å². The van der Waals surface area contributed by atoms with Crippen LogP contribution in [0.2, 0.25) is 0 Å². The van der Waals surface area contributed by atoms with Gasteiger partial charge in [-0.3, -0.25) is 4.79 Å². The lowest BCUT2D eigenvalue weighted by Crippen LogP contribution is -2.20. The first-order valence-corrected chi connectivity index (χ1v) is 12.0. The highest BCUT2D eigenvalue weighted by atomic mass is 32.2. The van der Waals surface area contributed by atoms with E-state index in [2.05, 4.69) is 22.1 Å². The quantitative estimate of drug-likeness (QED) is 0.327. The number of nitrogens with one attached hydrogen (secondary N) is 1. The highest BCUT2D eigenvalue weighted by molar-refractivity contribution is 7.97. The number of methoxy groups -OCH3 is 1. The number of thioether (sulfide) groups is 1. The third kappa shape index (κ3) is 5.48. The van der Waals surface area contributed by atoms with Crippen LogP contribution in [0.25, 0.3) is 11.0 Å². The van der Waals surface area contributed by atoms with E-state index in [1.165, 1.54) is 7.11 Å². The highest BCUT2D eigenvalue weighted by Crippen LogP contribution is 2.19. The van der Waals surface area contributed by atoms with Crippen molar-refractivity contribution in [2.24, 2.45) is 0 Å². The zero-order valence-electron chi connectivity index (χ0n) is 18.9. The molecule has 0 saturated heterocycles. The van der Waals surface area contributed by atoms with Crippen molar-refractivity contribution in [2.75, 3.05) is 18.7 Å². The molecule has 0 saturated carbocycles. The summed E-state index contributed by atoms with van der Waals surface area (Å²) < 4.78 is 6.71. The number of amides is 1. The van der Waals surface area contributed by atoms with Gasteiger partial charge in [-0.2, -0.15) is 11.8 Å². The van der Waals surface area contributed by atoms with Crippen LogP contribution in [0.4, 0.5) is 5.69 Å². The summed E-state index contributed by atoms with van der Waals surface area (Å²) >= 11 is 1.67. The standard InChI is InChI=1S/C27H23N3O3S/c1-33-27(32)21-9-5-7-19(15-21)13-14-20-8-6-10-22(16-20)28-26(31)17-30-24-12-4-3-11-23(24)29-25(30)18-34-2/h3-12,15-16H,17-18H2,1-2H3,(H,28,31). The maximum absolute atomic E-state index is 12.9. The Hall–Kier alpha value is -4.02. The molecule has 6 nitrogen and oxygen atoms in total. The summed E-state index contributed by atoms with van der Waals surface area (Å²) in [6.45, 7) is 0.173. The van der Waals surface area contributed by atoms with Gasteiger partial charge in [0.1, 0.15) is 12.4 Å². The van der Waals surface area contributed by atoms with E-state index in [-0.39, 0.29) is 12.5 Å². The zero-order valence-corrected chi connectivity index (χ0v) is 19.7. The fraction of sp³-hybridized carbons (Fsp3) is 0.148. The molecule has 0 fully saturated rings. The molecule has 1 heterocycles. The van der Waals surface area contributed by atoms with Gasteiger partial charge in [0.2, 0.25) is 5.91 Å². The molecule has 4 aromatic rings. The van der Waals surface area contributed by atoms with Crippen molar-refractivity contribution in [3.8, 4) is 11.8 Å². The fourth-order valence-electron chi connectivity index (χ4n) is 3.55. The number of rotatable bonds is 6. The molecule has 34 heavy (non-hydrogen) atoms. The first-order chi connectivity index (χ1) is 16.6. The number of esters is 1. The van der Waals surface area contributed by atoms with E-state index in [1.807, 2.05) is 65.4 Å². The number of ether oxygens (including phenoxy) is 1. The van der Waals surface area contributed by atoms with Crippen LogP contribution in [0.15, 0.2) is 72.8 Å². The van der Waals surface area contributed by atoms with Crippen LogP contribution in [0, 0.1) is 11.8 Å². The molecule has 4 rings (SSSR count). The molecule has 0 aliphatic heterocycles. The monoisotopic (exact) mass is 469 g/mol. The summed E-state index contributed by atoms with van der Waals surface area (Å²) in [5.41, 5.74) is 4.38. The van der Waals surface area contributed by atoms with E-state index < -0.39 is 5.97 Å². The van der Waals surface area contributed by atoms with Crippen molar-refractivity contribution in [3.63, 3.8) is 0 Å². The van der Waals surface area contributed by atoms with Gasteiger partial charge < -0.3 is 14.6 Å². The van der Waals surface area contributed by atoms with Crippen LogP contribution < -0.4 is 5.32 Å². The number of hydrogen-bond donors (Lipinski definition) is 1. The van der Waals surface area contributed by atoms with Crippen molar-refractivity contribution in [2.45, 2.75) is 12.3 Å². The minimum Gasteiger partial charge on any atom is -0.465 e. The average molecular weight is 470 g/mol. The number of para-hydroxylation sites is 2. The molecule has 1 N–H and O–H groups in total. The predicted molar refractivity (Wildman–Crippen MR) is 136 cm³/mol. The number of aromatic nitrogens is 2. The van der Waals surface area contributed by atoms with Gasteiger partial charge in [0.25, 0.3) is 0 Å². The highest BCUT2D eigenvalue weighted by Gasteiger charge is 2.13. The Labute approximate surface area is 202 Å². The van der Waals surface area contributed by atoms with Crippen LogP contribution in [-0.2, 0) is 21.8 Å². The van der Waals surface area contributed by atoms with E-state index >= 15 is 0 Å². The van der Waals surface area contributed by atoms with Gasteiger partial charge in [0.15, 0.2) is 0 Å². The predicted octanol–water partition coefficient (Wildman–Crippen LogP) is 4.72. The van der Waals surface area contributed by atoms with Gasteiger partial charge >= 0.3 is 5.97 Å². The molecular weight excluding hydrogens is 446 g/mol. The van der Waals surface area contributed by atoms with Gasteiger partial charge in [-0.25, -0.2) is 9.78 Å². The summed E-state index contributed by atoms with van der Waals surface area (Å²) in [7, 11) is 1.35. The lowest BCUT2D eigenvalue weighted by molar-refractivity contribution is -0.116. The third-order valence-corrected chi connectivity index (χ3v) is 5.64. The molecule has 0 spiro atoms. The number of imidazole rings is 1. The van der Waals surface area contributed by atoms with Gasteiger partial charge in [0, 0.05) is 16.8 Å². The smallest absolute Gasteiger partial charge is 0.337 e. The minimum absolute atomic E-state index is 0.138. The lowest BCUT2D eigenvalue weighted by atomic mass is 10.1. The van der Waals surface area contributed by atoms with Crippen molar-refractivity contribution in [1.82, 2.24) is 9.55 Å². The Balaban J connectivity index is 1.49. The van der Waals surface area contributed by atoms with Crippen molar-refractivity contribution >= 4 is 40.4 Å². The lowest BCUT2D eigenvalue weighted by Gasteiger charge is -2.10. The second-order valence-electron chi connectivity index (χ2n) is 7.49. The van der Waals surface area contributed by atoms with Gasteiger partial charge in [-0.1, -0.05) is 36.1 Å². The van der Waals surface area contributed by atoms with Crippen LogP contribution in [0.3, 0.4) is 0 Å². The van der Waals surface area contributed by atoms with Crippen LogP contribution in [0.1, 0.15) is 27.3 Å². The number of hydrogen-bond acceptors (Lipinski definition) is 5. The van der Waals surface area contributed by atoms with Gasteiger partial charge in [-0.05, 0) is 54.8 Å². The molecule has 0 radical (unpaired) electrons. The topological polar surface area (TPSA) is 73.2 Å². The first-order valence-electron chi connectivity index (χ1n) is 10.6. The molecule has 0 bridgehead atoms. The summed E-state index contributed by atoms with van der Waals surface area (Å²) in [5, 5.41) is 2.96. The zero-order chi connectivity index (χ0) is 23.9.